The molecule has 4 heteroatoms. The zero-order valence-electron chi connectivity index (χ0n) is 12.1. The predicted molar refractivity (Wildman–Crippen MR) is 77.0 cm³/mol. The number of ether oxygens (including phenoxy) is 1. The van der Waals surface area contributed by atoms with Gasteiger partial charge in [0.25, 0.3) is 5.91 Å². The van der Waals surface area contributed by atoms with Crippen LogP contribution in [0.4, 0.5) is 0 Å². The number of nitrogens with one attached hydrogen (secondary N) is 1. The molecule has 0 aliphatic heterocycles. The topological polar surface area (TPSA) is 64.3 Å². The Balaban J connectivity index is 2.60. The van der Waals surface area contributed by atoms with E-state index in [9.17, 15) is 4.79 Å². The normalized spacial score (nSPS) is 14.0. The number of rotatable bonds is 6. The van der Waals surface area contributed by atoms with E-state index in [0.29, 0.717) is 5.75 Å². The maximum Gasteiger partial charge on any atom is 0.260 e. The lowest BCUT2D eigenvalue weighted by Gasteiger charge is -2.17. The molecule has 0 saturated carbocycles. The van der Waals surface area contributed by atoms with E-state index in [1.165, 1.54) is 0 Å². The van der Waals surface area contributed by atoms with E-state index in [2.05, 4.69) is 5.32 Å². The molecule has 2 atom stereocenters. The molecule has 0 fully saturated rings. The Morgan fingerprint density at radius 3 is 2.32 bits per heavy atom. The SMILES string of the molecule is CC[C@@H](N)c1ccc(OC(C)C(=O)NC(C)C)cc1. The standard InChI is InChI=1S/C15H24N2O2/c1-5-14(16)12-6-8-13(9-7-12)19-11(4)15(18)17-10(2)3/h6-11,14H,5,16H2,1-4H3,(H,17,18)/t11?,14-/m1/s1. The molecule has 1 aromatic carbocycles. The van der Waals surface area contributed by atoms with Gasteiger partial charge in [-0.3, -0.25) is 4.79 Å². The largest absolute Gasteiger partial charge is 0.481 e. The molecule has 0 bridgehead atoms. The molecule has 0 aliphatic carbocycles. The summed E-state index contributed by atoms with van der Waals surface area (Å²) in [5.41, 5.74) is 7.02. The third-order valence-electron chi connectivity index (χ3n) is 2.86. The van der Waals surface area contributed by atoms with Crippen LogP contribution in [0.1, 0.15) is 45.7 Å². The van der Waals surface area contributed by atoms with Gasteiger partial charge in [-0.25, -0.2) is 0 Å². The fourth-order valence-electron chi connectivity index (χ4n) is 1.69. The third-order valence-corrected chi connectivity index (χ3v) is 2.86. The zero-order chi connectivity index (χ0) is 14.4. The number of hydrogen-bond acceptors (Lipinski definition) is 3. The van der Waals surface area contributed by atoms with Gasteiger partial charge in [0.1, 0.15) is 5.75 Å². The molecule has 0 aliphatic rings. The van der Waals surface area contributed by atoms with Crippen LogP contribution in [0, 0.1) is 0 Å². The number of amides is 1. The molecule has 1 rings (SSSR count). The van der Waals surface area contributed by atoms with Crippen molar-refractivity contribution >= 4 is 5.91 Å². The average molecular weight is 264 g/mol. The lowest BCUT2D eigenvalue weighted by molar-refractivity contribution is -0.127. The lowest BCUT2D eigenvalue weighted by Crippen LogP contribution is -2.40. The van der Waals surface area contributed by atoms with Crippen molar-refractivity contribution in [3.63, 3.8) is 0 Å². The highest BCUT2D eigenvalue weighted by Crippen LogP contribution is 2.19. The van der Waals surface area contributed by atoms with Gasteiger partial charge >= 0.3 is 0 Å². The summed E-state index contributed by atoms with van der Waals surface area (Å²) in [6, 6.07) is 7.75. The molecule has 0 aromatic heterocycles. The predicted octanol–water partition coefficient (Wildman–Crippen LogP) is 2.39. The smallest absolute Gasteiger partial charge is 0.260 e. The quantitative estimate of drug-likeness (QED) is 0.829. The molecule has 0 saturated heterocycles. The summed E-state index contributed by atoms with van der Waals surface area (Å²) >= 11 is 0. The van der Waals surface area contributed by atoms with Crippen molar-refractivity contribution in [2.24, 2.45) is 5.73 Å². The number of benzene rings is 1. The van der Waals surface area contributed by atoms with E-state index in [1.807, 2.05) is 45.0 Å². The molecule has 3 N–H and O–H groups in total. The summed E-state index contributed by atoms with van der Waals surface area (Å²) in [7, 11) is 0. The summed E-state index contributed by atoms with van der Waals surface area (Å²) in [5.74, 6) is 0.572. The van der Waals surface area contributed by atoms with E-state index < -0.39 is 6.10 Å². The van der Waals surface area contributed by atoms with E-state index in [0.717, 1.165) is 12.0 Å². The first-order valence-electron chi connectivity index (χ1n) is 6.76. The second-order valence-corrected chi connectivity index (χ2v) is 5.01. The molecule has 0 spiro atoms. The maximum absolute atomic E-state index is 11.7. The number of carbonyl (C=O) groups excluding carboxylic acids is 1. The molecule has 1 unspecified atom stereocenters. The highest BCUT2D eigenvalue weighted by atomic mass is 16.5. The van der Waals surface area contributed by atoms with Gasteiger partial charge in [-0.1, -0.05) is 19.1 Å². The molecular formula is C15H24N2O2. The second-order valence-electron chi connectivity index (χ2n) is 5.01. The van der Waals surface area contributed by atoms with Crippen LogP contribution in [0.3, 0.4) is 0 Å². The van der Waals surface area contributed by atoms with Gasteiger partial charge in [0.2, 0.25) is 0 Å². The Hall–Kier alpha value is -1.55. The Morgan fingerprint density at radius 2 is 1.84 bits per heavy atom. The van der Waals surface area contributed by atoms with E-state index in [-0.39, 0.29) is 18.0 Å². The minimum absolute atomic E-state index is 0.0516. The first-order chi connectivity index (χ1) is 8.93. The summed E-state index contributed by atoms with van der Waals surface area (Å²) in [6.45, 7) is 7.63. The van der Waals surface area contributed by atoms with Crippen molar-refractivity contribution < 1.29 is 9.53 Å². The number of nitrogens with two attached hydrogens (primary N) is 1. The Labute approximate surface area is 115 Å². The van der Waals surface area contributed by atoms with Crippen molar-refractivity contribution in [1.29, 1.82) is 0 Å². The van der Waals surface area contributed by atoms with E-state index in [4.69, 9.17) is 10.5 Å². The third kappa shape index (κ3) is 4.91. The second kappa shape index (κ2) is 7.14. The Bertz CT molecular complexity index is 401. The van der Waals surface area contributed by atoms with Crippen LogP contribution < -0.4 is 15.8 Å². The minimum atomic E-state index is -0.506. The van der Waals surface area contributed by atoms with Gasteiger partial charge in [-0.15, -0.1) is 0 Å². The van der Waals surface area contributed by atoms with Crippen LogP contribution >= 0.6 is 0 Å². The lowest BCUT2D eigenvalue weighted by atomic mass is 10.1. The van der Waals surface area contributed by atoms with Crippen LogP contribution in [-0.2, 0) is 4.79 Å². The van der Waals surface area contributed by atoms with E-state index >= 15 is 0 Å². The maximum atomic E-state index is 11.7. The summed E-state index contributed by atoms with van der Waals surface area (Å²) in [4.78, 5) is 11.7. The Kier molecular flexibility index (Phi) is 5.83. The van der Waals surface area contributed by atoms with Crippen LogP contribution in [-0.4, -0.2) is 18.1 Å². The fraction of sp³-hybridized carbons (Fsp3) is 0.533. The average Bonchev–Trinajstić information content (AvgIpc) is 2.37. The van der Waals surface area contributed by atoms with Crippen LogP contribution in [0.2, 0.25) is 0 Å². The number of hydrogen-bond donors (Lipinski definition) is 2. The zero-order valence-corrected chi connectivity index (χ0v) is 12.1. The van der Waals surface area contributed by atoms with Gasteiger partial charge in [0.15, 0.2) is 6.10 Å². The molecule has 0 heterocycles. The molecule has 19 heavy (non-hydrogen) atoms. The van der Waals surface area contributed by atoms with Crippen LogP contribution in [0.15, 0.2) is 24.3 Å². The van der Waals surface area contributed by atoms with Crippen LogP contribution in [0.5, 0.6) is 5.75 Å². The summed E-state index contributed by atoms with van der Waals surface area (Å²) < 4.78 is 5.59. The highest BCUT2D eigenvalue weighted by Gasteiger charge is 2.15. The highest BCUT2D eigenvalue weighted by molar-refractivity contribution is 5.80. The van der Waals surface area contributed by atoms with Crippen molar-refractivity contribution in [3.05, 3.63) is 29.8 Å². The molecule has 1 aromatic rings. The van der Waals surface area contributed by atoms with Gasteiger partial charge in [0.05, 0.1) is 0 Å². The minimum Gasteiger partial charge on any atom is -0.481 e. The number of carbonyl (C=O) groups is 1. The molecule has 4 nitrogen and oxygen atoms in total. The first kappa shape index (κ1) is 15.5. The summed E-state index contributed by atoms with van der Waals surface area (Å²) in [5, 5.41) is 2.82. The molecule has 106 valence electrons. The van der Waals surface area contributed by atoms with Gasteiger partial charge in [-0.2, -0.15) is 0 Å². The van der Waals surface area contributed by atoms with Gasteiger partial charge < -0.3 is 15.8 Å². The summed E-state index contributed by atoms with van der Waals surface area (Å²) in [6.07, 6.45) is 0.390. The van der Waals surface area contributed by atoms with Crippen molar-refractivity contribution in [2.75, 3.05) is 0 Å². The molecule has 0 radical (unpaired) electrons. The van der Waals surface area contributed by atoms with E-state index in [1.54, 1.807) is 6.92 Å². The first-order valence-corrected chi connectivity index (χ1v) is 6.76. The Morgan fingerprint density at radius 1 is 1.26 bits per heavy atom. The van der Waals surface area contributed by atoms with Gasteiger partial charge in [0, 0.05) is 12.1 Å². The van der Waals surface area contributed by atoms with Gasteiger partial charge in [-0.05, 0) is 44.9 Å². The molecular weight excluding hydrogens is 240 g/mol. The fourth-order valence-corrected chi connectivity index (χ4v) is 1.69. The van der Waals surface area contributed by atoms with Crippen molar-refractivity contribution in [3.8, 4) is 5.75 Å². The molecule has 1 amide bonds. The monoisotopic (exact) mass is 264 g/mol. The van der Waals surface area contributed by atoms with Crippen LogP contribution in [0.25, 0.3) is 0 Å². The van der Waals surface area contributed by atoms with Crippen molar-refractivity contribution in [1.82, 2.24) is 5.32 Å². The van der Waals surface area contributed by atoms with Crippen molar-refractivity contribution in [2.45, 2.75) is 52.3 Å².